The molecule has 1 saturated heterocycles. The van der Waals surface area contributed by atoms with Crippen LogP contribution in [0.2, 0.25) is 5.02 Å². The molecule has 0 spiro atoms. The van der Waals surface area contributed by atoms with E-state index in [2.05, 4.69) is 9.89 Å². The van der Waals surface area contributed by atoms with Crippen LogP contribution in [0.1, 0.15) is 19.3 Å². The van der Waals surface area contributed by atoms with Gasteiger partial charge in [-0.3, -0.25) is 4.99 Å². The van der Waals surface area contributed by atoms with Crippen LogP contribution < -0.4 is 5.73 Å². The number of hydrogen-bond donors (Lipinski definition) is 1. The minimum atomic E-state index is 0.705. The van der Waals surface area contributed by atoms with E-state index >= 15 is 0 Å². The first-order valence-corrected chi connectivity index (χ1v) is 8.05. The van der Waals surface area contributed by atoms with Crippen LogP contribution in [-0.2, 0) is 0 Å². The molecular formula is C14H20ClN3S. The van der Waals surface area contributed by atoms with E-state index in [-0.39, 0.29) is 0 Å². The molecule has 0 atom stereocenters. The minimum Gasteiger partial charge on any atom is -0.370 e. The quantitative estimate of drug-likeness (QED) is 0.401. The van der Waals surface area contributed by atoms with Gasteiger partial charge in [0.2, 0.25) is 0 Å². The van der Waals surface area contributed by atoms with Crippen molar-refractivity contribution in [2.45, 2.75) is 24.2 Å². The minimum absolute atomic E-state index is 0.705. The molecule has 2 rings (SSSR count). The van der Waals surface area contributed by atoms with E-state index in [0.29, 0.717) is 5.96 Å². The molecule has 5 heteroatoms. The van der Waals surface area contributed by atoms with Gasteiger partial charge in [0.05, 0.1) is 6.54 Å². The molecule has 0 saturated carbocycles. The Hall–Kier alpha value is -0.870. The van der Waals surface area contributed by atoms with E-state index in [4.69, 9.17) is 17.3 Å². The maximum Gasteiger partial charge on any atom is 0.191 e. The zero-order valence-electron chi connectivity index (χ0n) is 11.0. The maximum atomic E-state index is 6.00. The van der Waals surface area contributed by atoms with Crippen LogP contribution >= 0.6 is 23.4 Å². The van der Waals surface area contributed by atoms with Crippen molar-refractivity contribution in [3.05, 3.63) is 29.3 Å². The van der Waals surface area contributed by atoms with Gasteiger partial charge in [-0.25, -0.2) is 0 Å². The molecule has 0 unspecified atom stereocenters. The predicted octanol–water partition coefficient (Wildman–Crippen LogP) is 3.23. The number of nitrogens with two attached hydrogens (primary N) is 1. The molecule has 0 radical (unpaired) electrons. The van der Waals surface area contributed by atoms with Crippen molar-refractivity contribution in [3.63, 3.8) is 0 Å². The summed E-state index contributed by atoms with van der Waals surface area (Å²) in [6.07, 6.45) is 3.78. The van der Waals surface area contributed by atoms with E-state index in [1.165, 1.54) is 24.2 Å². The number of benzene rings is 1. The summed E-state index contributed by atoms with van der Waals surface area (Å²) in [6, 6.07) is 7.89. The van der Waals surface area contributed by atoms with Crippen molar-refractivity contribution in [3.8, 4) is 0 Å². The van der Waals surface area contributed by atoms with Gasteiger partial charge in [-0.15, -0.1) is 11.8 Å². The molecule has 19 heavy (non-hydrogen) atoms. The summed E-state index contributed by atoms with van der Waals surface area (Å²) in [4.78, 5) is 7.86. The van der Waals surface area contributed by atoms with E-state index < -0.39 is 0 Å². The average molecular weight is 298 g/mol. The molecule has 3 nitrogen and oxygen atoms in total. The Bertz CT molecular complexity index is 413. The van der Waals surface area contributed by atoms with Crippen LogP contribution in [0, 0.1) is 0 Å². The monoisotopic (exact) mass is 297 g/mol. The standard InChI is InChI=1S/C14H20ClN3S/c15-12-4-6-13(7-5-12)19-11-8-17-14(16)18-9-2-1-3-10-18/h4-7H,1-3,8-11H2,(H2,16,17). The van der Waals surface area contributed by atoms with Gasteiger partial charge in [0, 0.05) is 28.8 Å². The van der Waals surface area contributed by atoms with Crippen LogP contribution in [0.5, 0.6) is 0 Å². The fourth-order valence-electron chi connectivity index (χ4n) is 2.08. The Kier molecular flexibility index (Phi) is 5.86. The number of halogens is 1. The lowest BCUT2D eigenvalue weighted by Gasteiger charge is -2.27. The fraction of sp³-hybridized carbons (Fsp3) is 0.500. The van der Waals surface area contributed by atoms with Crippen LogP contribution in [0.25, 0.3) is 0 Å². The van der Waals surface area contributed by atoms with E-state index in [9.17, 15) is 0 Å². The number of rotatable bonds is 4. The smallest absolute Gasteiger partial charge is 0.191 e. The van der Waals surface area contributed by atoms with E-state index in [1.54, 1.807) is 11.8 Å². The van der Waals surface area contributed by atoms with Crippen LogP contribution in [-0.4, -0.2) is 36.2 Å². The highest BCUT2D eigenvalue weighted by molar-refractivity contribution is 7.99. The molecular weight excluding hydrogens is 278 g/mol. The van der Waals surface area contributed by atoms with Gasteiger partial charge in [-0.1, -0.05) is 11.6 Å². The number of likely N-dealkylation sites (tertiary alicyclic amines) is 1. The Morgan fingerprint density at radius 1 is 1.21 bits per heavy atom. The number of nitrogens with zero attached hydrogens (tertiary/aromatic N) is 2. The molecule has 0 amide bonds. The predicted molar refractivity (Wildman–Crippen MR) is 84.1 cm³/mol. The highest BCUT2D eigenvalue weighted by Crippen LogP contribution is 2.20. The Morgan fingerprint density at radius 3 is 2.58 bits per heavy atom. The Labute approximate surface area is 124 Å². The number of guanidine groups is 1. The normalized spacial score (nSPS) is 16.7. The molecule has 1 fully saturated rings. The van der Waals surface area contributed by atoms with E-state index in [1.807, 2.05) is 24.3 Å². The van der Waals surface area contributed by atoms with Crippen LogP contribution in [0.15, 0.2) is 34.2 Å². The van der Waals surface area contributed by atoms with Gasteiger partial charge in [0.15, 0.2) is 5.96 Å². The first-order valence-electron chi connectivity index (χ1n) is 6.69. The van der Waals surface area contributed by atoms with Gasteiger partial charge in [0.1, 0.15) is 0 Å². The summed E-state index contributed by atoms with van der Waals surface area (Å²) in [5.74, 6) is 1.65. The average Bonchev–Trinajstić information content (AvgIpc) is 2.46. The zero-order valence-corrected chi connectivity index (χ0v) is 12.6. The van der Waals surface area contributed by atoms with Crippen molar-refractivity contribution in [2.24, 2.45) is 10.7 Å². The van der Waals surface area contributed by atoms with Gasteiger partial charge in [-0.2, -0.15) is 0 Å². The molecule has 2 N–H and O–H groups in total. The van der Waals surface area contributed by atoms with E-state index in [0.717, 1.165) is 30.4 Å². The second-order valence-electron chi connectivity index (χ2n) is 4.59. The lowest BCUT2D eigenvalue weighted by molar-refractivity contribution is 0.338. The maximum absolute atomic E-state index is 6.00. The highest BCUT2D eigenvalue weighted by atomic mass is 35.5. The number of piperidine rings is 1. The molecule has 104 valence electrons. The summed E-state index contributed by atoms with van der Waals surface area (Å²) in [5.41, 5.74) is 6.00. The molecule has 0 bridgehead atoms. The summed E-state index contributed by atoms with van der Waals surface area (Å²) in [7, 11) is 0. The fourth-order valence-corrected chi connectivity index (χ4v) is 2.95. The van der Waals surface area contributed by atoms with Gasteiger partial charge >= 0.3 is 0 Å². The molecule has 1 aromatic rings. The number of thioether (sulfide) groups is 1. The Morgan fingerprint density at radius 2 is 1.89 bits per heavy atom. The molecule has 1 aliphatic heterocycles. The van der Waals surface area contributed by atoms with Crippen molar-refractivity contribution >= 4 is 29.3 Å². The number of aliphatic imine (C=N–C) groups is 1. The SMILES string of the molecule is NC(=NCCSc1ccc(Cl)cc1)N1CCCCC1. The first kappa shape index (κ1) is 14.5. The summed E-state index contributed by atoms with van der Waals surface area (Å²) in [5, 5.41) is 0.775. The van der Waals surface area contributed by atoms with Gasteiger partial charge < -0.3 is 10.6 Å². The second kappa shape index (κ2) is 7.65. The van der Waals surface area contributed by atoms with Crippen molar-refractivity contribution < 1.29 is 0 Å². The van der Waals surface area contributed by atoms with Gasteiger partial charge in [-0.05, 0) is 43.5 Å². The zero-order chi connectivity index (χ0) is 13.5. The molecule has 0 aromatic heterocycles. The van der Waals surface area contributed by atoms with Crippen molar-refractivity contribution in [1.82, 2.24) is 4.90 Å². The second-order valence-corrected chi connectivity index (χ2v) is 6.19. The van der Waals surface area contributed by atoms with Crippen LogP contribution in [0.3, 0.4) is 0 Å². The summed E-state index contributed by atoms with van der Waals surface area (Å²) >= 11 is 7.63. The molecule has 1 aromatic carbocycles. The topological polar surface area (TPSA) is 41.6 Å². The van der Waals surface area contributed by atoms with Crippen molar-refractivity contribution in [1.29, 1.82) is 0 Å². The summed E-state index contributed by atoms with van der Waals surface area (Å²) in [6.45, 7) is 2.87. The lowest BCUT2D eigenvalue weighted by atomic mass is 10.1. The molecule has 1 aliphatic rings. The summed E-state index contributed by atoms with van der Waals surface area (Å²) < 4.78 is 0. The third-order valence-electron chi connectivity index (χ3n) is 3.13. The van der Waals surface area contributed by atoms with Crippen LogP contribution in [0.4, 0.5) is 0 Å². The Balaban J connectivity index is 1.71. The lowest BCUT2D eigenvalue weighted by Crippen LogP contribution is -2.41. The molecule has 1 heterocycles. The number of hydrogen-bond acceptors (Lipinski definition) is 2. The first-order chi connectivity index (χ1) is 9.25. The third kappa shape index (κ3) is 4.96. The molecule has 0 aliphatic carbocycles. The third-order valence-corrected chi connectivity index (χ3v) is 4.37. The van der Waals surface area contributed by atoms with Crippen molar-refractivity contribution in [2.75, 3.05) is 25.4 Å². The largest absolute Gasteiger partial charge is 0.370 e. The highest BCUT2D eigenvalue weighted by Gasteiger charge is 2.11. The van der Waals surface area contributed by atoms with Gasteiger partial charge in [0.25, 0.3) is 0 Å².